The highest BCUT2D eigenvalue weighted by molar-refractivity contribution is 7.92. The Balaban J connectivity index is 1.87. The lowest BCUT2D eigenvalue weighted by atomic mass is 10.2. The summed E-state index contributed by atoms with van der Waals surface area (Å²) < 4.78 is 27.4. The van der Waals surface area contributed by atoms with Crippen LogP contribution >= 0.6 is 0 Å². The lowest BCUT2D eigenvalue weighted by Gasteiger charge is -2.09. The van der Waals surface area contributed by atoms with Gasteiger partial charge < -0.3 is 0 Å². The Kier molecular flexibility index (Phi) is 4.07. The summed E-state index contributed by atoms with van der Waals surface area (Å²) in [7, 11) is -3.64. The molecule has 2 N–H and O–H groups in total. The van der Waals surface area contributed by atoms with Gasteiger partial charge in [0, 0.05) is 11.3 Å². The maximum atomic E-state index is 12.4. The van der Waals surface area contributed by atoms with Crippen LogP contribution in [0.2, 0.25) is 0 Å². The van der Waals surface area contributed by atoms with Crippen molar-refractivity contribution in [2.24, 2.45) is 0 Å². The monoisotopic (exact) mass is 329 g/mol. The van der Waals surface area contributed by atoms with E-state index in [1.807, 2.05) is 19.1 Å². The predicted molar refractivity (Wildman–Crippen MR) is 86.2 cm³/mol. The number of aromatic amines is 1. The van der Waals surface area contributed by atoms with Crippen LogP contribution < -0.4 is 4.72 Å². The zero-order chi connectivity index (χ0) is 16.3. The standard InChI is InChI=1S/C15H15N5O2S/c1-2-11-6-8-14(9-7-11)23(21,22)18-13-5-3-4-12(10-13)15-16-19-20-17-15/h3-10,18H,2H2,1H3,(H,16,17,19,20). The molecule has 7 nitrogen and oxygen atoms in total. The van der Waals surface area contributed by atoms with Crippen molar-refractivity contribution < 1.29 is 8.42 Å². The van der Waals surface area contributed by atoms with Crippen molar-refractivity contribution in [3.63, 3.8) is 0 Å². The van der Waals surface area contributed by atoms with E-state index in [-0.39, 0.29) is 4.90 Å². The van der Waals surface area contributed by atoms with Gasteiger partial charge >= 0.3 is 0 Å². The first-order chi connectivity index (χ1) is 11.1. The normalized spacial score (nSPS) is 11.3. The van der Waals surface area contributed by atoms with Crippen LogP contribution in [0, 0.1) is 0 Å². The second kappa shape index (κ2) is 6.17. The third kappa shape index (κ3) is 3.37. The van der Waals surface area contributed by atoms with Gasteiger partial charge in [-0.15, -0.1) is 10.2 Å². The average Bonchev–Trinajstić information content (AvgIpc) is 3.09. The van der Waals surface area contributed by atoms with Crippen LogP contribution in [0.25, 0.3) is 11.4 Å². The fourth-order valence-electron chi connectivity index (χ4n) is 2.12. The summed E-state index contributed by atoms with van der Waals surface area (Å²) in [4.78, 5) is 0.222. The van der Waals surface area contributed by atoms with E-state index < -0.39 is 10.0 Å². The van der Waals surface area contributed by atoms with Crippen molar-refractivity contribution in [1.29, 1.82) is 0 Å². The Morgan fingerprint density at radius 2 is 1.91 bits per heavy atom. The first kappa shape index (κ1) is 15.2. The molecule has 2 aromatic carbocycles. The highest BCUT2D eigenvalue weighted by Crippen LogP contribution is 2.21. The van der Waals surface area contributed by atoms with Crippen LogP contribution in [0.5, 0.6) is 0 Å². The summed E-state index contributed by atoms with van der Waals surface area (Å²) in [5, 5.41) is 13.6. The smallest absolute Gasteiger partial charge is 0.261 e. The second-order valence-electron chi connectivity index (χ2n) is 4.92. The molecule has 0 radical (unpaired) electrons. The fraction of sp³-hybridized carbons (Fsp3) is 0.133. The quantitative estimate of drug-likeness (QED) is 0.747. The third-order valence-corrected chi connectivity index (χ3v) is 4.76. The number of anilines is 1. The van der Waals surface area contributed by atoms with Gasteiger partial charge in [-0.25, -0.2) is 8.42 Å². The van der Waals surface area contributed by atoms with E-state index in [0.29, 0.717) is 17.1 Å². The SMILES string of the molecule is CCc1ccc(S(=O)(=O)Nc2cccc(-c3nn[nH]n3)c2)cc1. The van der Waals surface area contributed by atoms with Crippen LogP contribution in [-0.4, -0.2) is 29.0 Å². The Hall–Kier alpha value is -2.74. The molecule has 0 spiro atoms. The number of sulfonamides is 1. The molecule has 3 rings (SSSR count). The number of nitrogens with one attached hydrogen (secondary N) is 2. The van der Waals surface area contributed by atoms with Crippen LogP contribution in [0.1, 0.15) is 12.5 Å². The number of hydrogen-bond acceptors (Lipinski definition) is 5. The van der Waals surface area contributed by atoms with Crippen molar-refractivity contribution in [2.45, 2.75) is 18.2 Å². The number of H-pyrrole nitrogens is 1. The molecule has 0 unspecified atom stereocenters. The second-order valence-corrected chi connectivity index (χ2v) is 6.60. The maximum absolute atomic E-state index is 12.4. The molecule has 0 aliphatic rings. The van der Waals surface area contributed by atoms with E-state index in [4.69, 9.17) is 0 Å². The Morgan fingerprint density at radius 3 is 2.57 bits per heavy atom. The average molecular weight is 329 g/mol. The van der Waals surface area contributed by atoms with E-state index in [1.165, 1.54) is 0 Å². The Bertz CT molecular complexity index is 890. The van der Waals surface area contributed by atoms with Crippen molar-refractivity contribution in [1.82, 2.24) is 20.6 Å². The van der Waals surface area contributed by atoms with Gasteiger partial charge in [-0.05, 0) is 41.5 Å². The van der Waals surface area contributed by atoms with Gasteiger partial charge in [0.1, 0.15) is 0 Å². The largest absolute Gasteiger partial charge is 0.280 e. The molecule has 3 aromatic rings. The van der Waals surface area contributed by atoms with Crippen LogP contribution in [-0.2, 0) is 16.4 Å². The van der Waals surface area contributed by atoms with E-state index in [0.717, 1.165) is 12.0 Å². The maximum Gasteiger partial charge on any atom is 0.261 e. The molecule has 1 heterocycles. The Labute approximate surface area is 133 Å². The van der Waals surface area contributed by atoms with Gasteiger partial charge in [-0.3, -0.25) is 4.72 Å². The molecule has 0 aliphatic carbocycles. The zero-order valence-electron chi connectivity index (χ0n) is 12.4. The molecule has 118 valence electrons. The molecular weight excluding hydrogens is 314 g/mol. The highest BCUT2D eigenvalue weighted by atomic mass is 32.2. The number of hydrogen-bond donors (Lipinski definition) is 2. The fourth-order valence-corrected chi connectivity index (χ4v) is 3.17. The number of rotatable bonds is 5. The summed E-state index contributed by atoms with van der Waals surface area (Å²) >= 11 is 0. The number of aryl methyl sites for hydroxylation is 1. The molecule has 1 aromatic heterocycles. The molecule has 0 atom stereocenters. The molecule has 0 saturated heterocycles. The van der Waals surface area contributed by atoms with Gasteiger partial charge in [-0.1, -0.05) is 31.2 Å². The van der Waals surface area contributed by atoms with Gasteiger partial charge in [0.2, 0.25) is 5.82 Å². The van der Waals surface area contributed by atoms with E-state index >= 15 is 0 Å². The summed E-state index contributed by atoms with van der Waals surface area (Å²) in [5.41, 5.74) is 2.19. The van der Waals surface area contributed by atoms with Crippen molar-refractivity contribution >= 4 is 15.7 Å². The molecule has 0 amide bonds. The van der Waals surface area contributed by atoms with Gasteiger partial charge in [-0.2, -0.15) is 5.21 Å². The van der Waals surface area contributed by atoms with Crippen molar-refractivity contribution in [3.8, 4) is 11.4 Å². The van der Waals surface area contributed by atoms with Gasteiger partial charge in [0.25, 0.3) is 10.0 Å². The zero-order valence-corrected chi connectivity index (χ0v) is 13.2. The topological polar surface area (TPSA) is 101 Å². The summed E-state index contributed by atoms with van der Waals surface area (Å²) in [6.07, 6.45) is 0.862. The number of benzene rings is 2. The number of aromatic nitrogens is 4. The van der Waals surface area contributed by atoms with Crippen LogP contribution in [0.3, 0.4) is 0 Å². The van der Waals surface area contributed by atoms with Crippen LogP contribution in [0.4, 0.5) is 5.69 Å². The van der Waals surface area contributed by atoms with Crippen molar-refractivity contribution in [3.05, 3.63) is 54.1 Å². The molecule has 0 bridgehead atoms. The highest BCUT2D eigenvalue weighted by Gasteiger charge is 2.14. The van der Waals surface area contributed by atoms with E-state index in [9.17, 15) is 8.42 Å². The first-order valence-electron chi connectivity index (χ1n) is 7.04. The van der Waals surface area contributed by atoms with Crippen molar-refractivity contribution in [2.75, 3.05) is 4.72 Å². The van der Waals surface area contributed by atoms with Gasteiger partial charge in [0.05, 0.1) is 4.90 Å². The van der Waals surface area contributed by atoms with E-state index in [2.05, 4.69) is 25.3 Å². The number of nitrogens with zero attached hydrogens (tertiary/aromatic N) is 3. The van der Waals surface area contributed by atoms with E-state index in [1.54, 1.807) is 36.4 Å². The lowest BCUT2D eigenvalue weighted by molar-refractivity contribution is 0.601. The molecule has 23 heavy (non-hydrogen) atoms. The molecule has 0 saturated carbocycles. The minimum atomic E-state index is -3.64. The third-order valence-electron chi connectivity index (χ3n) is 3.36. The van der Waals surface area contributed by atoms with Gasteiger partial charge in [0.15, 0.2) is 0 Å². The summed E-state index contributed by atoms with van der Waals surface area (Å²) in [6, 6.07) is 13.6. The molecule has 0 aliphatic heterocycles. The summed E-state index contributed by atoms with van der Waals surface area (Å²) in [6.45, 7) is 2.02. The minimum absolute atomic E-state index is 0.222. The number of tetrazole rings is 1. The van der Waals surface area contributed by atoms with Crippen LogP contribution in [0.15, 0.2) is 53.4 Å². The Morgan fingerprint density at radius 1 is 1.13 bits per heavy atom. The molecular formula is C15H15N5O2S. The molecule has 0 fully saturated rings. The predicted octanol–water partition coefficient (Wildman–Crippen LogP) is 2.23. The molecule has 8 heteroatoms. The minimum Gasteiger partial charge on any atom is -0.280 e. The lowest BCUT2D eigenvalue weighted by Crippen LogP contribution is -2.13. The first-order valence-corrected chi connectivity index (χ1v) is 8.52. The summed E-state index contributed by atoms with van der Waals surface area (Å²) in [5.74, 6) is 0.401.